The normalized spacial score (nSPS) is 12.8. The fraction of sp³-hybridized carbons (Fsp3) is 0.467. The molecule has 1 aromatic heterocycles. The van der Waals surface area contributed by atoms with Crippen molar-refractivity contribution >= 4 is 23.4 Å². The molecule has 0 fully saturated rings. The summed E-state index contributed by atoms with van der Waals surface area (Å²) in [5.41, 5.74) is 6.05. The molecule has 21 heavy (non-hydrogen) atoms. The highest BCUT2D eigenvalue weighted by molar-refractivity contribution is 7.98. The molecule has 0 aliphatic heterocycles. The highest BCUT2D eigenvalue weighted by atomic mass is 35.5. The molecule has 114 valence electrons. The van der Waals surface area contributed by atoms with Gasteiger partial charge in [-0.25, -0.2) is 0 Å². The van der Waals surface area contributed by atoms with Crippen molar-refractivity contribution in [1.82, 2.24) is 10.1 Å². The van der Waals surface area contributed by atoms with Crippen molar-refractivity contribution in [1.29, 1.82) is 0 Å². The van der Waals surface area contributed by atoms with E-state index in [0.717, 1.165) is 16.3 Å². The Morgan fingerprint density at radius 2 is 2.00 bits per heavy atom. The minimum absolute atomic E-state index is 0.0715. The Morgan fingerprint density at radius 1 is 1.29 bits per heavy atom. The van der Waals surface area contributed by atoms with Gasteiger partial charge in [-0.3, -0.25) is 0 Å². The lowest BCUT2D eigenvalue weighted by Gasteiger charge is -2.10. The van der Waals surface area contributed by atoms with E-state index in [1.807, 2.05) is 24.3 Å². The average molecular weight is 326 g/mol. The molecule has 0 bridgehead atoms. The summed E-state index contributed by atoms with van der Waals surface area (Å²) < 4.78 is 5.25. The van der Waals surface area contributed by atoms with E-state index in [1.54, 1.807) is 11.8 Å². The largest absolute Gasteiger partial charge is 0.339 e. The van der Waals surface area contributed by atoms with Crippen molar-refractivity contribution in [2.24, 2.45) is 11.7 Å². The molecule has 2 aromatic rings. The Morgan fingerprint density at radius 3 is 2.67 bits per heavy atom. The molecular weight excluding hydrogens is 306 g/mol. The van der Waals surface area contributed by atoms with E-state index < -0.39 is 0 Å². The maximum Gasteiger partial charge on any atom is 0.228 e. The number of rotatable bonds is 7. The number of benzene rings is 1. The summed E-state index contributed by atoms with van der Waals surface area (Å²) in [6.45, 7) is 4.31. The molecule has 1 heterocycles. The third-order valence-corrected chi connectivity index (χ3v) is 4.16. The topological polar surface area (TPSA) is 64.9 Å². The lowest BCUT2D eigenvalue weighted by molar-refractivity contribution is 0.356. The monoisotopic (exact) mass is 325 g/mol. The van der Waals surface area contributed by atoms with Gasteiger partial charge >= 0.3 is 0 Å². The van der Waals surface area contributed by atoms with E-state index in [1.165, 1.54) is 0 Å². The maximum absolute atomic E-state index is 6.05. The van der Waals surface area contributed by atoms with Crippen molar-refractivity contribution < 1.29 is 4.52 Å². The van der Waals surface area contributed by atoms with Gasteiger partial charge in [0.2, 0.25) is 5.89 Å². The maximum atomic E-state index is 6.05. The van der Waals surface area contributed by atoms with Crippen LogP contribution in [0.3, 0.4) is 0 Å². The van der Waals surface area contributed by atoms with E-state index in [9.17, 15) is 0 Å². The Labute approximate surface area is 134 Å². The molecule has 0 amide bonds. The van der Waals surface area contributed by atoms with E-state index in [4.69, 9.17) is 21.9 Å². The molecule has 1 unspecified atom stereocenters. The van der Waals surface area contributed by atoms with Crippen LogP contribution in [0.2, 0.25) is 5.02 Å². The summed E-state index contributed by atoms with van der Waals surface area (Å²) >= 11 is 7.51. The second kappa shape index (κ2) is 7.82. The summed E-state index contributed by atoms with van der Waals surface area (Å²) in [5.74, 6) is 2.56. The van der Waals surface area contributed by atoms with Crippen molar-refractivity contribution in [3.05, 3.63) is 41.0 Å². The van der Waals surface area contributed by atoms with Gasteiger partial charge in [0.25, 0.3) is 0 Å². The summed E-state index contributed by atoms with van der Waals surface area (Å²) in [6, 6.07) is 7.77. The van der Waals surface area contributed by atoms with E-state index >= 15 is 0 Å². The van der Waals surface area contributed by atoms with Crippen LogP contribution in [0.1, 0.15) is 32.0 Å². The number of nitrogens with zero attached hydrogens (tertiary/aromatic N) is 2. The number of aromatic nitrogens is 2. The first-order chi connectivity index (χ1) is 10.0. The van der Waals surface area contributed by atoms with Gasteiger partial charge in [0.05, 0.1) is 5.75 Å². The van der Waals surface area contributed by atoms with Gasteiger partial charge in [-0.2, -0.15) is 4.98 Å². The van der Waals surface area contributed by atoms with Crippen LogP contribution in [0, 0.1) is 5.92 Å². The first-order valence-electron chi connectivity index (χ1n) is 6.98. The Bertz CT molecular complexity index is 556. The molecule has 1 atom stereocenters. The predicted molar refractivity (Wildman–Crippen MR) is 86.4 cm³/mol. The van der Waals surface area contributed by atoms with Crippen molar-refractivity contribution in [3.8, 4) is 0 Å². The highest BCUT2D eigenvalue weighted by Gasteiger charge is 2.12. The zero-order valence-corrected chi connectivity index (χ0v) is 13.8. The molecule has 1 aromatic carbocycles. The standard InChI is InChI=1S/C15H20ClN3OS/c1-10(2)7-12(17)8-15-18-14(19-20-15)9-21-13-5-3-11(16)4-6-13/h3-6,10,12H,7-9,17H2,1-2H3. The van der Waals surface area contributed by atoms with Crippen LogP contribution in [0.25, 0.3) is 0 Å². The van der Waals surface area contributed by atoms with E-state index in [2.05, 4.69) is 24.0 Å². The highest BCUT2D eigenvalue weighted by Crippen LogP contribution is 2.23. The summed E-state index contributed by atoms with van der Waals surface area (Å²) in [5, 5.41) is 4.73. The number of hydrogen-bond donors (Lipinski definition) is 1. The van der Waals surface area contributed by atoms with E-state index in [0.29, 0.717) is 29.8 Å². The van der Waals surface area contributed by atoms with Crippen LogP contribution in [-0.2, 0) is 12.2 Å². The van der Waals surface area contributed by atoms with Crippen LogP contribution in [-0.4, -0.2) is 16.2 Å². The third kappa shape index (κ3) is 5.69. The molecule has 0 spiro atoms. The Kier molecular flexibility index (Phi) is 6.08. The number of thioether (sulfide) groups is 1. The van der Waals surface area contributed by atoms with Gasteiger partial charge in [0.15, 0.2) is 5.82 Å². The van der Waals surface area contributed by atoms with E-state index in [-0.39, 0.29) is 6.04 Å². The summed E-state index contributed by atoms with van der Waals surface area (Å²) in [7, 11) is 0. The van der Waals surface area contributed by atoms with Crippen LogP contribution < -0.4 is 5.73 Å². The fourth-order valence-electron chi connectivity index (χ4n) is 2.02. The number of halogens is 1. The second-order valence-corrected chi connectivity index (χ2v) is 6.93. The molecule has 0 radical (unpaired) electrons. The minimum Gasteiger partial charge on any atom is -0.339 e. The van der Waals surface area contributed by atoms with Gasteiger partial charge in [-0.05, 0) is 36.6 Å². The molecular formula is C15H20ClN3OS. The average Bonchev–Trinajstić information content (AvgIpc) is 2.84. The van der Waals surface area contributed by atoms with Crippen molar-refractivity contribution in [2.75, 3.05) is 0 Å². The minimum atomic E-state index is 0.0715. The molecule has 0 saturated heterocycles. The summed E-state index contributed by atoms with van der Waals surface area (Å²) in [6.07, 6.45) is 1.59. The van der Waals surface area contributed by atoms with Crippen molar-refractivity contribution in [2.45, 2.75) is 43.4 Å². The SMILES string of the molecule is CC(C)CC(N)Cc1nc(CSc2ccc(Cl)cc2)no1. The van der Waals surface area contributed by atoms with Crippen LogP contribution in [0.5, 0.6) is 0 Å². The lowest BCUT2D eigenvalue weighted by atomic mass is 10.0. The van der Waals surface area contributed by atoms with Crippen LogP contribution >= 0.6 is 23.4 Å². The molecule has 0 saturated carbocycles. The quantitative estimate of drug-likeness (QED) is 0.781. The number of nitrogens with two attached hydrogens (primary N) is 1. The van der Waals surface area contributed by atoms with Gasteiger partial charge in [-0.1, -0.05) is 30.6 Å². The van der Waals surface area contributed by atoms with Crippen LogP contribution in [0.15, 0.2) is 33.7 Å². The number of hydrogen-bond acceptors (Lipinski definition) is 5. The molecule has 0 aliphatic rings. The molecule has 2 rings (SSSR count). The third-order valence-electron chi connectivity index (χ3n) is 2.90. The zero-order chi connectivity index (χ0) is 15.2. The van der Waals surface area contributed by atoms with Gasteiger partial charge < -0.3 is 10.3 Å². The smallest absolute Gasteiger partial charge is 0.228 e. The first kappa shape index (κ1) is 16.3. The lowest BCUT2D eigenvalue weighted by Crippen LogP contribution is -2.24. The fourth-order valence-corrected chi connectivity index (χ4v) is 2.89. The van der Waals surface area contributed by atoms with Gasteiger partial charge in [0, 0.05) is 22.4 Å². The summed E-state index contributed by atoms with van der Waals surface area (Å²) in [4.78, 5) is 5.51. The second-order valence-electron chi connectivity index (χ2n) is 5.44. The van der Waals surface area contributed by atoms with Crippen molar-refractivity contribution in [3.63, 3.8) is 0 Å². The van der Waals surface area contributed by atoms with Gasteiger partial charge in [-0.15, -0.1) is 11.8 Å². The van der Waals surface area contributed by atoms with Gasteiger partial charge in [0.1, 0.15) is 0 Å². The Balaban J connectivity index is 1.84. The Hall–Kier alpha value is -1.04. The molecule has 6 heteroatoms. The first-order valence-corrected chi connectivity index (χ1v) is 8.34. The molecule has 2 N–H and O–H groups in total. The van der Waals surface area contributed by atoms with Crippen LogP contribution in [0.4, 0.5) is 0 Å². The molecule has 4 nitrogen and oxygen atoms in total. The zero-order valence-electron chi connectivity index (χ0n) is 12.3. The molecule has 0 aliphatic carbocycles. The predicted octanol–water partition coefficient (Wildman–Crippen LogP) is 3.93.